The molecule has 16 heteroatoms. The van der Waals surface area contributed by atoms with Crippen LogP contribution in [0.4, 0.5) is 0 Å². The van der Waals surface area contributed by atoms with E-state index in [2.05, 4.69) is 14.9 Å². The summed E-state index contributed by atoms with van der Waals surface area (Å²) in [7, 11) is -1.71. The lowest BCUT2D eigenvalue weighted by atomic mass is 9.85. The van der Waals surface area contributed by atoms with Crippen LogP contribution in [-0.4, -0.2) is 127 Å². The number of aliphatic hydroxyl groups is 2. The monoisotopic (exact) mass is 747 g/mol. The number of ketones is 1. The van der Waals surface area contributed by atoms with Crippen molar-refractivity contribution in [3.05, 3.63) is 63.1 Å². The zero-order valence-corrected chi connectivity index (χ0v) is 30.2. The maximum Gasteiger partial charge on any atom is 0.252 e. The number of nitrogens with zero attached hydrogens (tertiary/aromatic N) is 1. The van der Waals surface area contributed by atoms with Crippen LogP contribution < -0.4 is 10.0 Å². The number of amides is 1. The molecule has 3 atom stereocenters. The fourth-order valence-electron chi connectivity index (χ4n) is 5.19. The van der Waals surface area contributed by atoms with Crippen molar-refractivity contribution >= 4 is 44.9 Å². The molecule has 2 aromatic rings. The summed E-state index contributed by atoms with van der Waals surface area (Å²) in [6, 6.07) is 10.5. The van der Waals surface area contributed by atoms with Crippen molar-refractivity contribution in [1.29, 1.82) is 0 Å². The third-order valence-electron chi connectivity index (χ3n) is 7.73. The molecule has 1 aliphatic rings. The second-order valence-electron chi connectivity index (χ2n) is 11.5. The number of carbonyl (C=O) groups is 2. The van der Waals surface area contributed by atoms with E-state index in [0.29, 0.717) is 36.2 Å². The molecule has 3 rings (SSSR count). The Kier molecular flexibility index (Phi) is 17.9. The van der Waals surface area contributed by atoms with Crippen molar-refractivity contribution in [2.45, 2.75) is 49.3 Å². The van der Waals surface area contributed by atoms with Crippen LogP contribution in [0, 0.1) is 0 Å². The summed E-state index contributed by atoms with van der Waals surface area (Å²) in [5.41, 5.74) is 3.04. The van der Waals surface area contributed by atoms with Crippen LogP contribution in [0.25, 0.3) is 0 Å². The first-order valence-electron chi connectivity index (χ1n) is 16.2. The molecule has 0 radical (unpaired) electrons. The molecule has 1 amide bonds. The number of ether oxygens (including phenoxy) is 4. The molecule has 0 saturated carbocycles. The van der Waals surface area contributed by atoms with Crippen molar-refractivity contribution < 1.29 is 47.2 Å². The molecule has 0 aliphatic carbocycles. The largest absolute Gasteiger partial charge is 0.382 e. The summed E-state index contributed by atoms with van der Waals surface area (Å²) in [4.78, 5) is 26.2. The Morgan fingerprint density at radius 1 is 0.918 bits per heavy atom. The second-order valence-corrected chi connectivity index (χ2v) is 14.1. The Morgan fingerprint density at radius 3 is 2.20 bits per heavy atom. The minimum atomic E-state index is -3.73. The molecule has 3 unspecified atom stereocenters. The summed E-state index contributed by atoms with van der Waals surface area (Å²) in [6.45, 7) is 5.64. The van der Waals surface area contributed by atoms with Gasteiger partial charge in [-0.2, -0.15) is 0 Å². The third kappa shape index (κ3) is 13.5. The van der Waals surface area contributed by atoms with Gasteiger partial charge in [0.05, 0.1) is 44.5 Å². The first-order chi connectivity index (χ1) is 23.4. The predicted octanol–water partition coefficient (Wildman–Crippen LogP) is 2.12. The smallest absolute Gasteiger partial charge is 0.252 e. The van der Waals surface area contributed by atoms with Crippen LogP contribution in [0.2, 0.25) is 10.0 Å². The van der Waals surface area contributed by atoms with E-state index in [1.165, 1.54) is 0 Å². The topological polar surface area (TPSA) is 173 Å². The molecule has 49 heavy (non-hydrogen) atoms. The Morgan fingerprint density at radius 2 is 1.55 bits per heavy atom. The molecule has 0 saturated heterocycles. The number of Topliss-reactive ketones (excluding diaryl/α,β-unsaturated/α-hetero) is 1. The van der Waals surface area contributed by atoms with Crippen molar-refractivity contribution in [2.75, 3.05) is 79.5 Å². The van der Waals surface area contributed by atoms with Gasteiger partial charge in [-0.1, -0.05) is 35.3 Å². The number of hydrogen-bond donors (Lipinski definition) is 4. The predicted molar refractivity (Wildman–Crippen MR) is 184 cm³/mol. The van der Waals surface area contributed by atoms with E-state index in [1.54, 1.807) is 18.2 Å². The van der Waals surface area contributed by atoms with Gasteiger partial charge in [0.15, 0.2) is 11.9 Å². The zero-order valence-electron chi connectivity index (χ0n) is 27.9. The van der Waals surface area contributed by atoms with E-state index in [-0.39, 0.29) is 70.0 Å². The van der Waals surface area contributed by atoms with Gasteiger partial charge in [0.2, 0.25) is 10.0 Å². The van der Waals surface area contributed by atoms with Gasteiger partial charge in [-0.05, 0) is 61.3 Å². The summed E-state index contributed by atoms with van der Waals surface area (Å²) in [5.74, 6) is -1.49. The van der Waals surface area contributed by atoms with Crippen LogP contribution in [-0.2, 0) is 45.1 Å². The Bertz CT molecular complexity index is 1450. The molecule has 1 heterocycles. The number of aliphatic hydroxyl groups excluding tert-OH is 2. The Balaban J connectivity index is 1.24. The first kappa shape index (κ1) is 41.2. The van der Waals surface area contributed by atoms with Crippen LogP contribution in [0.5, 0.6) is 0 Å². The highest BCUT2D eigenvalue weighted by Crippen LogP contribution is 2.38. The van der Waals surface area contributed by atoms with Gasteiger partial charge < -0.3 is 39.4 Å². The molecule has 274 valence electrons. The number of benzene rings is 2. The molecule has 2 aromatic carbocycles. The SMILES string of the molecule is CCOCCCC(=O)C(O)C(O)C(=O)NCCOCCOCCOCCNS(=O)(=O)c1ccc(C2CN(C)Cc3c(Cl)cc(Cl)cc32)cc1. The zero-order chi connectivity index (χ0) is 35.8. The van der Waals surface area contributed by atoms with Gasteiger partial charge in [0.1, 0.15) is 6.10 Å². The van der Waals surface area contributed by atoms with Gasteiger partial charge in [-0.15, -0.1) is 0 Å². The van der Waals surface area contributed by atoms with Crippen molar-refractivity contribution in [1.82, 2.24) is 14.9 Å². The standard InChI is InChI=1S/C33H47Cl2N3O10S/c1-3-45-12-4-5-30(39)31(40)32(41)33(42)36-10-13-46-15-17-48-18-16-47-14-11-37-49(43,44)25-8-6-23(7-9-25)27-21-38(2)22-28-26(27)19-24(34)20-29(28)35/h6-9,19-20,27,31-32,37,40-41H,3-5,10-18,21-22H2,1-2H3,(H,36,42). The van der Waals surface area contributed by atoms with Crippen LogP contribution in [0.15, 0.2) is 41.3 Å². The molecule has 1 aliphatic heterocycles. The van der Waals surface area contributed by atoms with Gasteiger partial charge >= 0.3 is 0 Å². The first-order valence-corrected chi connectivity index (χ1v) is 18.4. The highest BCUT2D eigenvalue weighted by atomic mass is 35.5. The van der Waals surface area contributed by atoms with E-state index >= 15 is 0 Å². The molecule has 0 spiro atoms. The number of likely N-dealkylation sites (N-methyl/N-ethyl adjacent to an activating group) is 1. The minimum absolute atomic E-state index is 0.00285. The minimum Gasteiger partial charge on any atom is -0.382 e. The number of hydrogen-bond acceptors (Lipinski definition) is 11. The van der Waals surface area contributed by atoms with E-state index in [1.807, 2.05) is 32.2 Å². The lowest BCUT2D eigenvalue weighted by Gasteiger charge is -2.33. The summed E-state index contributed by atoms with van der Waals surface area (Å²) in [5, 5.41) is 23.4. The maximum atomic E-state index is 12.8. The van der Waals surface area contributed by atoms with E-state index in [4.69, 9.17) is 42.1 Å². The average Bonchev–Trinajstić information content (AvgIpc) is 3.08. The lowest BCUT2D eigenvalue weighted by Crippen LogP contribution is -2.46. The molecule has 4 N–H and O–H groups in total. The number of nitrogens with one attached hydrogen (secondary N) is 2. The molecule has 0 fully saturated rings. The summed E-state index contributed by atoms with van der Waals surface area (Å²) in [6.07, 6.45) is -3.27. The molecular weight excluding hydrogens is 701 g/mol. The lowest BCUT2D eigenvalue weighted by molar-refractivity contribution is -0.145. The molecule has 0 aromatic heterocycles. The number of carbonyl (C=O) groups excluding carboxylic acids is 2. The molecule has 13 nitrogen and oxygen atoms in total. The highest BCUT2D eigenvalue weighted by molar-refractivity contribution is 7.89. The van der Waals surface area contributed by atoms with Gasteiger partial charge in [-0.25, -0.2) is 13.1 Å². The van der Waals surface area contributed by atoms with Crippen LogP contribution in [0.1, 0.15) is 42.4 Å². The number of rotatable bonds is 23. The normalized spacial score (nSPS) is 16.2. The molecule has 0 bridgehead atoms. The Labute approximate surface area is 298 Å². The second kappa shape index (κ2) is 21.2. The third-order valence-corrected chi connectivity index (χ3v) is 9.76. The fourth-order valence-corrected chi connectivity index (χ4v) is 6.78. The number of halogens is 2. The average molecular weight is 749 g/mol. The van der Waals surface area contributed by atoms with Gasteiger partial charge in [-0.3, -0.25) is 9.59 Å². The summed E-state index contributed by atoms with van der Waals surface area (Å²) >= 11 is 12.7. The van der Waals surface area contributed by atoms with Crippen molar-refractivity contribution in [3.8, 4) is 0 Å². The van der Waals surface area contributed by atoms with Crippen molar-refractivity contribution in [3.63, 3.8) is 0 Å². The molecular formula is C33H47Cl2N3O10S. The van der Waals surface area contributed by atoms with Gasteiger partial charge in [0.25, 0.3) is 5.91 Å². The Hall–Kier alpha value is -2.21. The van der Waals surface area contributed by atoms with Crippen molar-refractivity contribution in [2.24, 2.45) is 0 Å². The quantitative estimate of drug-likeness (QED) is 0.123. The summed E-state index contributed by atoms with van der Waals surface area (Å²) < 4.78 is 49.5. The van der Waals surface area contributed by atoms with Crippen LogP contribution >= 0.6 is 23.2 Å². The maximum absolute atomic E-state index is 12.8. The van der Waals surface area contributed by atoms with E-state index < -0.39 is 33.9 Å². The van der Waals surface area contributed by atoms with Gasteiger partial charge in [0, 0.05) is 61.8 Å². The van der Waals surface area contributed by atoms with Crippen LogP contribution in [0.3, 0.4) is 0 Å². The highest BCUT2D eigenvalue weighted by Gasteiger charge is 2.30. The number of sulfonamides is 1. The fraction of sp³-hybridized carbons (Fsp3) is 0.576. The van der Waals surface area contributed by atoms with E-state index in [9.17, 15) is 28.2 Å². The number of fused-ring (bicyclic) bond motifs is 1. The van der Waals surface area contributed by atoms with E-state index in [0.717, 1.165) is 23.2 Å².